The number of piperidine rings is 1. The van der Waals surface area contributed by atoms with E-state index in [1.807, 2.05) is 12.1 Å². The molecule has 1 atom stereocenters. The molecule has 1 aromatic carbocycles. The van der Waals surface area contributed by atoms with Gasteiger partial charge in [-0.1, -0.05) is 29.3 Å². The molecule has 2 fully saturated rings. The van der Waals surface area contributed by atoms with E-state index >= 15 is 0 Å². The number of nitrogens with one attached hydrogen (secondary N) is 1. The molecular weight excluding hydrogens is 291 g/mol. The van der Waals surface area contributed by atoms with Crippen molar-refractivity contribution in [2.75, 3.05) is 19.6 Å². The van der Waals surface area contributed by atoms with Crippen LogP contribution in [0.15, 0.2) is 18.2 Å². The minimum Gasteiger partial charge on any atom is -0.316 e. The average molecular weight is 313 g/mol. The molecule has 1 aromatic rings. The van der Waals surface area contributed by atoms with Crippen molar-refractivity contribution in [1.29, 1.82) is 0 Å². The zero-order valence-corrected chi connectivity index (χ0v) is 13.3. The second-order valence-corrected chi connectivity index (χ2v) is 6.94. The van der Waals surface area contributed by atoms with E-state index < -0.39 is 0 Å². The van der Waals surface area contributed by atoms with Gasteiger partial charge in [0, 0.05) is 19.1 Å². The SMILES string of the molecule is Clc1ccc(CN(CC2CCCNC2)C2CC2)cc1Cl. The van der Waals surface area contributed by atoms with Gasteiger partial charge < -0.3 is 5.32 Å². The van der Waals surface area contributed by atoms with Crippen molar-refractivity contribution in [3.63, 3.8) is 0 Å². The lowest BCUT2D eigenvalue weighted by Crippen LogP contribution is -2.39. The second-order valence-electron chi connectivity index (χ2n) is 6.12. The van der Waals surface area contributed by atoms with Crippen LogP contribution in [0.1, 0.15) is 31.2 Å². The van der Waals surface area contributed by atoms with Crippen molar-refractivity contribution in [3.8, 4) is 0 Å². The van der Waals surface area contributed by atoms with Gasteiger partial charge in [-0.3, -0.25) is 4.90 Å². The summed E-state index contributed by atoms with van der Waals surface area (Å²) in [5.41, 5.74) is 1.27. The summed E-state index contributed by atoms with van der Waals surface area (Å²) < 4.78 is 0. The highest BCUT2D eigenvalue weighted by molar-refractivity contribution is 6.42. The van der Waals surface area contributed by atoms with Gasteiger partial charge in [0.25, 0.3) is 0 Å². The van der Waals surface area contributed by atoms with Crippen LogP contribution in [-0.4, -0.2) is 30.6 Å². The summed E-state index contributed by atoms with van der Waals surface area (Å²) in [4.78, 5) is 2.64. The Labute approximate surface area is 131 Å². The first-order chi connectivity index (χ1) is 9.72. The smallest absolute Gasteiger partial charge is 0.0595 e. The number of nitrogens with zero attached hydrogens (tertiary/aromatic N) is 1. The van der Waals surface area contributed by atoms with Gasteiger partial charge in [0.2, 0.25) is 0 Å². The van der Waals surface area contributed by atoms with E-state index in [9.17, 15) is 0 Å². The van der Waals surface area contributed by atoms with Gasteiger partial charge in [-0.05, 0) is 62.4 Å². The fraction of sp³-hybridized carbons (Fsp3) is 0.625. The zero-order chi connectivity index (χ0) is 13.9. The molecule has 0 amide bonds. The highest BCUT2D eigenvalue weighted by atomic mass is 35.5. The van der Waals surface area contributed by atoms with Crippen LogP contribution in [-0.2, 0) is 6.54 Å². The van der Waals surface area contributed by atoms with Crippen molar-refractivity contribution in [3.05, 3.63) is 33.8 Å². The van der Waals surface area contributed by atoms with Crippen molar-refractivity contribution in [2.24, 2.45) is 5.92 Å². The molecule has 20 heavy (non-hydrogen) atoms. The van der Waals surface area contributed by atoms with E-state index in [1.54, 1.807) is 0 Å². The van der Waals surface area contributed by atoms with Crippen molar-refractivity contribution < 1.29 is 0 Å². The van der Waals surface area contributed by atoms with E-state index in [-0.39, 0.29) is 0 Å². The maximum absolute atomic E-state index is 6.12. The lowest BCUT2D eigenvalue weighted by atomic mass is 9.98. The standard InChI is InChI=1S/C16H22Cl2N2/c17-15-6-3-12(8-16(15)18)10-20(14-4-5-14)11-13-2-1-7-19-9-13/h3,6,8,13-14,19H,1-2,4-5,7,9-11H2. The minimum atomic E-state index is 0.643. The Hall–Kier alpha value is -0.280. The fourth-order valence-electron chi connectivity index (χ4n) is 3.07. The molecule has 1 saturated heterocycles. The predicted molar refractivity (Wildman–Crippen MR) is 85.5 cm³/mol. The molecule has 1 aliphatic carbocycles. The number of halogens is 2. The first-order valence-corrected chi connectivity index (χ1v) is 8.36. The Morgan fingerprint density at radius 1 is 1.15 bits per heavy atom. The molecule has 1 N–H and O–H groups in total. The third-order valence-electron chi connectivity index (χ3n) is 4.32. The molecular formula is C16H22Cl2N2. The minimum absolute atomic E-state index is 0.643. The average Bonchev–Trinajstić information content (AvgIpc) is 3.28. The Morgan fingerprint density at radius 3 is 2.65 bits per heavy atom. The second kappa shape index (κ2) is 6.65. The Balaban J connectivity index is 1.62. The normalized spacial score (nSPS) is 23.2. The van der Waals surface area contributed by atoms with Crippen LogP contribution in [0.25, 0.3) is 0 Å². The summed E-state index contributed by atoms with van der Waals surface area (Å²) in [6.45, 7) is 4.56. The van der Waals surface area contributed by atoms with Gasteiger partial charge in [-0.2, -0.15) is 0 Å². The number of hydrogen-bond donors (Lipinski definition) is 1. The quantitative estimate of drug-likeness (QED) is 0.885. The number of hydrogen-bond acceptors (Lipinski definition) is 2. The van der Waals surface area contributed by atoms with Gasteiger partial charge in [0.1, 0.15) is 0 Å². The molecule has 1 heterocycles. The first kappa shape index (κ1) is 14.6. The lowest BCUT2D eigenvalue weighted by Gasteiger charge is -2.30. The van der Waals surface area contributed by atoms with Crippen LogP contribution < -0.4 is 5.32 Å². The summed E-state index contributed by atoms with van der Waals surface area (Å²) in [5, 5.41) is 4.82. The third-order valence-corrected chi connectivity index (χ3v) is 5.06. The summed E-state index contributed by atoms with van der Waals surface area (Å²) in [6, 6.07) is 6.81. The van der Waals surface area contributed by atoms with Gasteiger partial charge in [0.05, 0.1) is 10.0 Å². The van der Waals surface area contributed by atoms with Crippen molar-refractivity contribution in [2.45, 2.75) is 38.3 Å². The monoisotopic (exact) mass is 312 g/mol. The summed E-state index contributed by atoms with van der Waals surface area (Å²) >= 11 is 12.1. The largest absolute Gasteiger partial charge is 0.316 e. The van der Waals surface area contributed by atoms with Gasteiger partial charge >= 0.3 is 0 Å². The molecule has 2 aliphatic rings. The van der Waals surface area contributed by atoms with Gasteiger partial charge in [-0.25, -0.2) is 0 Å². The van der Waals surface area contributed by atoms with Gasteiger partial charge in [-0.15, -0.1) is 0 Å². The van der Waals surface area contributed by atoms with Crippen LogP contribution in [0.3, 0.4) is 0 Å². The van der Waals surface area contributed by atoms with Crippen LogP contribution in [0, 0.1) is 5.92 Å². The maximum atomic E-state index is 6.12. The Morgan fingerprint density at radius 2 is 2.00 bits per heavy atom. The number of rotatable bonds is 5. The molecule has 0 radical (unpaired) electrons. The van der Waals surface area contributed by atoms with Crippen molar-refractivity contribution in [1.82, 2.24) is 10.2 Å². The molecule has 110 valence electrons. The maximum Gasteiger partial charge on any atom is 0.0595 e. The summed E-state index contributed by atoms with van der Waals surface area (Å²) in [7, 11) is 0. The summed E-state index contributed by atoms with van der Waals surface area (Å²) in [5.74, 6) is 0.798. The highest BCUT2D eigenvalue weighted by Gasteiger charge is 2.30. The van der Waals surface area contributed by atoms with Crippen LogP contribution >= 0.6 is 23.2 Å². The molecule has 3 rings (SSSR count). The Bertz CT molecular complexity index is 454. The van der Waals surface area contributed by atoms with E-state index in [1.165, 1.54) is 50.9 Å². The Kier molecular flexibility index (Phi) is 4.87. The van der Waals surface area contributed by atoms with E-state index in [2.05, 4.69) is 16.3 Å². The third kappa shape index (κ3) is 3.88. The molecule has 2 nitrogen and oxygen atoms in total. The molecule has 0 bridgehead atoms. The predicted octanol–water partition coefficient (Wildman–Crippen LogP) is 3.96. The molecule has 0 spiro atoms. The van der Waals surface area contributed by atoms with Gasteiger partial charge in [0.15, 0.2) is 0 Å². The number of benzene rings is 1. The topological polar surface area (TPSA) is 15.3 Å². The van der Waals surface area contributed by atoms with Crippen LogP contribution in [0.2, 0.25) is 10.0 Å². The first-order valence-electron chi connectivity index (χ1n) is 7.61. The van der Waals surface area contributed by atoms with Crippen molar-refractivity contribution >= 4 is 23.2 Å². The van der Waals surface area contributed by atoms with E-state index in [4.69, 9.17) is 23.2 Å². The van der Waals surface area contributed by atoms with Crippen LogP contribution in [0.5, 0.6) is 0 Å². The fourth-order valence-corrected chi connectivity index (χ4v) is 3.39. The molecule has 1 saturated carbocycles. The molecule has 0 aromatic heterocycles. The zero-order valence-electron chi connectivity index (χ0n) is 11.7. The summed E-state index contributed by atoms with van der Waals surface area (Å²) in [6.07, 6.45) is 5.37. The van der Waals surface area contributed by atoms with E-state index in [0.29, 0.717) is 10.0 Å². The highest BCUT2D eigenvalue weighted by Crippen LogP contribution is 2.31. The van der Waals surface area contributed by atoms with E-state index in [0.717, 1.165) is 18.5 Å². The lowest BCUT2D eigenvalue weighted by molar-refractivity contribution is 0.193. The molecule has 1 unspecified atom stereocenters. The van der Waals surface area contributed by atoms with Crippen LogP contribution in [0.4, 0.5) is 0 Å². The molecule has 4 heteroatoms. The molecule has 1 aliphatic heterocycles.